The van der Waals surface area contributed by atoms with Crippen molar-refractivity contribution in [2.75, 3.05) is 11.9 Å². The van der Waals surface area contributed by atoms with Crippen LogP contribution in [0.25, 0.3) is 0 Å². The third-order valence-electron chi connectivity index (χ3n) is 5.01. The van der Waals surface area contributed by atoms with Crippen molar-refractivity contribution >= 4 is 11.6 Å². The zero-order chi connectivity index (χ0) is 17.9. The Morgan fingerprint density at radius 1 is 1.36 bits per heavy atom. The normalized spacial score (nSPS) is 19.7. The first kappa shape index (κ1) is 17.5. The van der Waals surface area contributed by atoms with Gasteiger partial charge in [-0.1, -0.05) is 0 Å². The van der Waals surface area contributed by atoms with E-state index in [0.29, 0.717) is 5.69 Å². The van der Waals surface area contributed by atoms with E-state index in [1.165, 1.54) is 6.07 Å². The Hall–Kier alpha value is -2.29. The van der Waals surface area contributed by atoms with Gasteiger partial charge in [0.1, 0.15) is 5.54 Å². The predicted octanol–water partition coefficient (Wildman–Crippen LogP) is 3.37. The Morgan fingerprint density at radius 2 is 2.08 bits per heavy atom. The summed E-state index contributed by atoms with van der Waals surface area (Å²) in [4.78, 5) is 12.1. The molecule has 1 aromatic rings. The minimum Gasteiger partial charge on any atom is -0.487 e. The van der Waals surface area contributed by atoms with Crippen LogP contribution in [0, 0.1) is 23.1 Å². The highest BCUT2D eigenvalue weighted by Gasteiger charge is 2.42. The number of amides is 1. The summed E-state index contributed by atoms with van der Waals surface area (Å²) in [6, 6.07) is 6.81. The van der Waals surface area contributed by atoms with Gasteiger partial charge in [-0.15, -0.1) is 0 Å². The fourth-order valence-corrected chi connectivity index (χ4v) is 3.29. The number of benzene rings is 1. The minimum absolute atomic E-state index is 0.00768. The molecule has 0 bridgehead atoms. The van der Waals surface area contributed by atoms with E-state index in [2.05, 4.69) is 16.7 Å². The number of hydrogen-bond donors (Lipinski definition) is 2. The molecule has 5 nitrogen and oxygen atoms in total. The van der Waals surface area contributed by atoms with Crippen molar-refractivity contribution in [3.05, 3.63) is 24.0 Å². The minimum atomic E-state index is -0.816. The SMILES string of the molecule is C[C@](C#N)(NC(=O)CNc1ccc(OC2CCCC2)c(F)c1)C1CC1. The Balaban J connectivity index is 1.51. The van der Waals surface area contributed by atoms with Crippen molar-refractivity contribution in [1.82, 2.24) is 5.32 Å². The topological polar surface area (TPSA) is 74.2 Å². The lowest BCUT2D eigenvalue weighted by Gasteiger charge is -2.23. The van der Waals surface area contributed by atoms with Crippen molar-refractivity contribution in [1.29, 1.82) is 5.26 Å². The molecule has 2 fully saturated rings. The molecule has 2 N–H and O–H groups in total. The summed E-state index contributed by atoms with van der Waals surface area (Å²) in [7, 11) is 0. The number of carbonyl (C=O) groups is 1. The third kappa shape index (κ3) is 4.41. The molecule has 2 saturated carbocycles. The first-order valence-electron chi connectivity index (χ1n) is 8.92. The number of hydrogen-bond acceptors (Lipinski definition) is 4. The molecular weight excluding hydrogens is 321 g/mol. The lowest BCUT2D eigenvalue weighted by Crippen LogP contribution is -2.48. The van der Waals surface area contributed by atoms with E-state index in [-0.39, 0.29) is 30.2 Å². The van der Waals surface area contributed by atoms with Gasteiger partial charge in [-0.05, 0) is 63.5 Å². The smallest absolute Gasteiger partial charge is 0.240 e. The van der Waals surface area contributed by atoms with Crippen LogP contribution in [0.15, 0.2) is 18.2 Å². The van der Waals surface area contributed by atoms with E-state index in [1.807, 2.05) is 0 Å². The van der Waals surface area contributed by atoms with E-state index in [4.69, 9.17) is 4.74 Å². The number of anilines is 1. The molecular formula is C19H24FN3O2. The molecule has 0 radical (unpaired) electrons. The zero-order valence-corrected chi connectivity index (χ0v) is 14.5. The molecule has 0 heterocycles. The first-order valence-corrected chi connectivity index (χ1v) is 8.92. The highest BCUT2D eigenvalue weighted by Crippen LogP contribution is 2.39. The van der Waals surface area contributed by atoms with Gasteiger partial charge in [-0.3, -0.25) is 4.79 Å². The van der Waals surface area contributed by atoms with E-state index in [9.17, 15) is 14.4 Å². The summed E-state index contributed by atoms with van der Waals surface area (Å²) in [5.41, 5.74) is -0.306. The van der Waals surface area contributed by atoms with Crippen LogP contribution in [0.5, 0.6) is 5.75 Å². The molecule has 1 atom stereocenters. The molecule has 0 aliphatic heterocycles. The lowest BCUT2D eigenvalue weighted by molar-refractivity contribution is -0.120. The zero-order valence-electron chi connectivity index (χ0n) is 14.5. The van der Waals surface area contributed by atoms with E-state index >= 15 is 0 Å². The van der Waals surface area contributed by atoms with Gasteiger partial charge in [-0.25, -0.2) is 4.39 Å². The van der Waals surface area contributed by atoms with Crippen LogP contribution in [-0.2, 0) is 4.79 Å². The Kier molecular flexibility index (Phi) is 5.12. The maximum atomic E-state index is 14.2. The summed E-state index contributed by atoms with van der Waals surface area (Å²) >= 11 is 0. The average Bonchev–Trinajstić information content (AvgIpc) is 3.34. The van der Waals surface area contributed by atoms with Crippen molar-refractivity contribution < 1.29 is 13.9 Å². The molecule has 25 heavy (non-hydrogen) atoms. The largest absolute Gasteiger partial charge is 0.487 e. The van der Waals surface area contributed by atoms with E-state index < -0.39 is 11.4 Å². The molecule has 2 aliphatic carbocycles. The van der Waals surface area contributed by atoms with Crippen LogP contribution >= 0.6 is 0 Å². The van der Waals surface area contributed by atoms with Gasteiger partial charge in [0, 0.05) is 11.8 Å². The van der Waals surface area contributed by atoms with Crippen molar-refractivity contribution in [3.8, 4) is 11.8 Å². The number of ether oxygens (including phenoxy) is 1. The van der Waals surface area contributed by atoms with E-state index in [1.54, 1.807) is 19.1 Å². The molecule has 1 amide bonds. The van der Waals surface area contributed by atoms with Gasteiger partial charge in [0.25, 0.3) is 0 Å². The van der Waals surface area contributed by atoms with Gasteiger partial charge >= 0.3 is 0 Å². The molecule has 0 aromatic heterocycles. The van der Waals surface area contributed by atoms with Gasteiger partial charge in [0.15, 0.2) is 11.6 Å². The molecule has 3 rings (SSSR count). The fraction of sp³-hybridized carbons (Fsp3) is 0.579. The number of nitriles is 1. The summed E-state index contributed by atoms with van der Waals surface area (Å²) < 4.78 is 19.8. The maximum absolute atomic E-state index is 14.2. The molecule has 134 valence electrons. The highest BCUT2D eigenvalue weighted by atomic mass is 19.1. The second-order valence-corrected chi connectivity index (χ2v) is 7.16. The summed E-state index contributed by atoms with van der Waals surface area (Å²) in [6.07, 6.45) is 6.23. The predicted molar refractivity (Wildman–Crippen MR) is 92.7 cm³/mol. The van der Waals surface area contributed by atoms with Crippen LogP contribution < -0.4 is 15.4 Å². The van der Waals surface area contributed by atoms with Crippen LogP contribution in [-0.4, -0.2) is 24.1 Å². The summed E-state index contributed by atoms with van der Waals surface area (Å²) in [5.74, 6) is -0.224. The summed E-state index contributed by atoms with van der Waals surface area (Å²) in [5, 5.41) is 14.9. The number of carbonyl (C=O) groups excluding carboxylic acids is 1. The molecule has 6 heteroatoms. The lowest BCUT2D eigenvalue weighted by atomic mass is 9.98. The molecule has 2 aliphatic rings. The Morgan fingerprint density at radius 3 is 2.68 bits per heavy atom. The first-order chi connectivity index (χ1) is 12.0. The maximum Gasteiger partial charge on any atom is 0.240 e. The Labute approximate surface area is 147 Å². The van der Waals surface area contributed by atoms with Gasteiger partial charge in [0.05, 0.1) is 18.7 Å². The molecule has 0 spiro atoms. The average molecular weight is 345 g/mol. The monoisotopic (exact) mass is 345 g/mol. The molecule has 0 unspecified atom stereocenters. The van der Waals surface area contributed by atoms with Gasteiger partial charge in [-0.2, -0.15) is 5.26 Å². The number of nitrogens with one attached hydrogen (secondary N) is 2. The van der Waals surface area contributed by atoms with E-state index in [0.717, 1.165) is 38.5 Å². The fourth-order valence-electron chi connectivity index (χ4n) is 3.29. The molecule has 1 aromatic carbocycles. The standard InChI is InChI=1S/C19H24FN3O2/c1-19(12-21,13-6-7-13)23-18(24)11-22-14-8-9-17(16(20)10-14)25-15-4-2-3-5-15/h8-10,13,15,22H,2-7,11H2,1H3,(H,23,24)/t19-/m1/s1. The Bertz CT molecular complexity index is 678. The van der Waals surface area contributed by atoms with Gasteiger partial charge in [0.2, 0.25) is 5.91 Å². The van der Waals surface area contributed by atoms with Crippen LogP contribution in [0.4, 0.5) is 10.1 Å². The highest BCUT2D eigenvalue weighted by molar-refractivity contribution is 5.82. The number of rotatable bonds is 7. The molecule has 0 saturated heterocycles. The van der Waals surface area contributed by atoms with Crippen molar-refractivity contribution in [2.45, 2.75) is 57.1 Å². The third-order valence-corrected chi connectivity index (χ3v) is 5.01. The van der Waals surface area contributed by atoms with Crippen LogP contribution in [0.3, 0.4) is 0 Å². The summed E-state index contributed by atoms with van der Waals surface area (Å²) in [6.45, 7) is 1.74. The number of nitrogens with zero attached hydrogens (tertiary/aromatic N) is 1. The quantitative estimate of drug-likeness (QED) is 0.794. The second-order valence-electron chi connectivity index (χ2n) is 7.16. The number of halogens is 1. The van der Waals surface area contributed by atoms with Crippen LogP contribution in [0.2, 0.25) is 0 Å². The van der Waals surface area contributed by atoms with Gasteiger partial charge < -0.3 is 15.4 Å². The van der Waals surface area contributed by atoms with Crippen molar-refractivity contribution in [3.63, 3.8) is 0 Å². The van der Waals surface area contributed by atoms with Crippen LogP contribution in [0.1, 0.15) is 45.4 Å². The van der Waals surface area contributed by atoms with Crippen molar-refractivity contribution in [2.24, 2.45) is 5.92 Å². The second kappa shape index (κ2) is 7.30.